The quantitative estimate of drug-likeness (QED) is 0.771. The Hall–Kier alpha value is -2.11. The summed E-state index contributed by atoms with van der Waals surface area (Å²) >= 11 is 6.06. The van der Waals surface area contributed by atoms with Crippen LogP contribution >= 0.6 is 11.6 Å². The summed E-state index contributed by atoms with van der Waals surface area (Å²) in [6.07, 6.45) is 3.43. The number of hydrogen-bond acceptors (Lipinski definition) is 2. The summed E-state index contributed by atoms with van der Waals surface area (Å²) in [5.41, 5.74) is 6.96. The van der Waals surface area contributed by atoms with Crippen LogP contribution in [-0.2, 0) is 0 Å². The van der Waals surface area contributed by atoms with Gasteiger partial charge in [0.15, 0.2) is 0 Å². The van der Waals surface area contributed by atoms with Crippen molar-refractivity contribution in [2.24, 2.45) is 5.73 Å². The maximum atomic E-state index is 13.5. The second-order valence-corrected chi connectivity index (χ2v) is 5.29. The Morgan fingerprint density at radius 3 is 2.57 bits per heavy atom. The lowest BCUT2D eigenvalue weighted by Gasteiger charge is -2.16. The standard InChI is InChI=1S/C15H13ClFN3O.C2H6/c1-9(18)13-8-19-6-5-12(16)14(19)15(21)20(13)11-4-2-3-10(17)7-11;1-2/h2-9H,18H2,1H3;1-2H3. The number of rotatable bonds is 2. The number of hydrogen-bond donors (Lipinski definition) is 1. The summed E-state index contributed by atoms with van der Waals surface area (Å²) in [5, 5.41) is 0.348. The normalized spacial score (nSPS) is 11.9. The molecule has 0 saturated heterocycles. The fourth-order valence-electron chi connectivity index (χ4n) is 2.37. The predicted octanol–water partition coefficient (Wildman–Crippen LogP) is 3.93. The summed E-state index contributed by atoms with van der Waals surface area (Å²) in [5.74, 6) is -0.420. The van der Waals surface area contributed by atoms with Gasteiger partial charge in [-0.25, -0.2) is 4.39 Å². The Morgan fingerprint density at radius 1 is 1.26 bits per heavy atom. The van der Waals surface area contributed by atoms with E-state index in [1.54, 1.807) is 41.9 Å². The third-order valence-corrected chi connectivity index (χ3v) is 3.64. The van der Waals surface area contributed by atoms with Gasteiger partial charge in [-0.05, 0) is 31.2 Å². The molecule has 0 saturated carbocycles. The van der Waals surface area contributed by atoms with Crippen LogP contribution < -0.4 is 11.3 Å². The molecule has 1 atom stereocenters. The van der Waals surface area contributed by atoms with E-state index >= 15 is 0 Å². The number of halogens is 2. The highest BCUT2D eigenvalue weighted by atomic mass is 35.5. The Bertz CT molecular complexity index is 883. The highest BCUT2D eigenvalue weighted by Crippen LogP contribution is 2.20. The van der Waals surface area contributed by atoms with Gasteiger partial charge >= 0.3 is 0 Å². The number of nitrogens with two attached hydrogens (primary N) is 1. The SMILES string of the molecule is CC.CC(N)c1cn2ccc(Cl)c2c(=O)n1-c1cccc(F)c1. The van der Waals surface area contributed by atoms with E-state index in [-0.39, 0.29) is 5.56 Å². The zero-order valence-electron chi connectivity index (χ0n) is 13.3. The van der Waals surface area contributed by atoms with Gasteiger partial charge < -0.3 is 10.1 Å². The van der Waals surface area contributed by atoms with Crippen molar-refractivity contribution in [3.05, 3.63) is 69.6 Å². The molecule has 0 spiro atoms. The van der Waals surface area contributed by atoms with Gasteiger partial charge in [-0.15, -0.1) is 0 Å². The maximum absolute atomic E-state index is 13.5. The molecule has 122 valence electrons. The predicted molar refractivity (Wildman–Crippen MR) is 91.9 cm³/mol. The van der Waals surface area contributed by atoms with Crippen molar-refractivity contribution in [1.82, 2.24) is 8.97 Å². The molecule has 3 rings (SSSR count). The van der Waals surface area contributed by atoms with Gasteiger partial charge in [-0.2, -0.15) is 0 Å². The Balaban J connectivity index is 0.000000924. The first-order valence-corrected chi connectivity index (χ1v) is 7.80. The molecule has 0 aliphatic carbocycles. The molecule has 1 aromatic carbocycles. The number of benzene rings is 1. The minimum Gasteiger partial charge on any atom is -0.323 e. The molecule has 0 radical (unpaired) electrons. The number of nitrogens with zero attached hydrogens (tertiary/aromatic N) is 2. The molecule has 0 aliphatic heterocycles. The van der Waals surface area contributed by atoms with Crippen molar-refractivity contribution < 1.29 is 4.39 Å². The molecule has 3 aromatic rings. The van der Waals surface area contributed by atoms with Crippen LogP contribution in [0.25, 0.3) is 11.2 Å². The van der Waals surface area contributed by atoms with Gasteiger partial charge in [0.1, 0.15) is 11.3 Å². The summed E-state index contributed by atoms with van der Waals surface area (Å²) in [6, 6.07) is 7.06. The zero-order valence-corrected chi connectivity index (χ0v) is 14.0. The average Bonchev–Trinajstić information content (AvgIpc) is 2.90. The van der Waals surface area contributed by atoms with E-state index in [0.29, 0.717) is 21.9 Å². The van der Waals surface area contributed by atoms with E-state index < -0.39 is 11.9 Å². The van der Waals surface area contributed by atoms with Crippen LogP contribution in [0.3, 0.4) is 0 Å². The molecule has 0 fully saturated rings. The molecule has 0 bridgehead atoms. The molecule has 0 aliphatic rings. The van der Waals surface area contributed by atoms with Gasteiger partial charge in [0, 0.05) is 18.4 Å². The van der Waals surface area contributed by atoms with Crippen LogP contribution in [0.15, 0.2) is 47.5 Å². The number of fused-ring (bicyclic) bond motifs is 1. The van der Waals surface area contributed by atoms with Crippen molar-refractivity contribution >= 4 is 17.1 Å². The van der Waals surface area contributed by atoms with Crippen LogP contribution in [0.2, 0.25) is 5.02 Å². The van der Waals surface area contributed by atoms with Gasteiger partial charge in [0.2, 0.25) is 0 Å². The fraction of sp³-hybridized carbons (Fsp3) is 0.235. The van der Waals surface area contributed by atoms with Crippen molar-refractivity contribution in [2.75, 3.05) is 0 Å². The lowest BCUT2D eigenvalue weighted by atomic mass is 10.2. The maximum Gasteiger partial charge on any atom is 0.281 e. The molecule has 2 aromatic heterocycles. The highest BCUT2D eigenvalue weighted by Gasteiger charge is 2.16. The zero-order chi connectivity index (χ0) is 17.1. The first-order valence-electron chi connectivity index (χ1n) is 7.42. The second kappa shape index (κ2) is 6.98. The molecule has 1 unspecified atom stereocenters. The second-order valence-electron chi connectivity index (χ2n) is 4.88. The van der Waals surface area contributed by atoms with E-state index in [9.17, 15) is 9.18 Å². The van der Waals surface area contributed by atoms with Crippen LogP contribution in [0.1, 0.15) is 32.5 Å². The van der Waals surface area contributed by atoms with E-state index in [2.05, 4.69) is 0 Å². The Morgan fingerprint density at radius 2 is 1.96 bits per heavy atom. The van der Waals surface area contributed by atoms with E-state index in [4.69, 9.17) is 17.3 Å². The van der Waals surface area contributed by atoms with E-state index in [0.717, 1.165) is 0 Å². The van der Waals surface area contributed by atoms with Gasteiger partial charge in [0.25, 0.3) is 5.56 Å². The van der Waals surface area contributed by atoms with Crippen molar-refractivity contribution in [2.45, 2.75) is 26.8 Å². The summed E-state index contributed by atoms with van der Waals surface area (Å²) in [6.45, 7) is 5.77. The van der Waals surface area contributed by atoms with Crippen LogP contribution in [0, 0.1) is 5.82 Å². The fourth-order valence-corrected chi connectivity index (χ4v) is 2.60. The molecule has 6 heteroatoms. The molecule has 2 N–H and O–H groups in total. The van der Waals surface area contributed by atoms with E-state index in [1.165, 1.54) is 16.7 Å². The molecule has 0 amide bonds. The first kappa shape index (κ1) is 17.2. The summed E-state index contributed by atoms with van der Waals surface area (Å²) < 4.78 is 16.5. The monoisotopic (exact) mass is 335 g/mol. The molecular weight excluding hydrogens is 317 g/mol. The molecule has 2 heterocycles. The van der Waals surface area contributed by atoms with Crippen molar-refractivity contribution in [1.29, 1.82) is 0 Å². The Labute approximate surface area is 138 Å². The van der Waals surface area contributed by atoms with E-state index in [1.807, 2.05) is 13.8 Å². The molecule has 4 nitrogen and oxygen atoms in total. The molecule has 23 heavy (non-hydrogen) atoms. The Kier molecular flexibility index (Phi) is 5.23. The van der Waals surface area contributed by atoms with Crippen LogP contribution in [-0.4, -0.2) is 8.97 Å². The topological polar surface area (TPSA) is 52.4 Å². The lowest BCUT2D eigenvalue weighted by Crippen LogP contribution is -2.27. The lowest BCUT2D eigenvalue weighted by molar-refractivity contribution is 0.624. The minimum atomic E-state index is -0.420. The molecular formula is C17H19ClFN3O. The van der Waals surface area contributed by atoms with Crippen molar-refractivity contribution in [3.63, 3.8) is 0 Å². The summed E-state index contributed by atoms with van der Waals surface area (Å²) in [4.78, 5) is 12.7. The van der Waals surface area contributed by atoms with Crippen molar-refractivity contribution in [3.8, 4) is 5.69 Å². The van der Waals surface area contributed by atoms with Crippen LogP contribution in [0.4, 0.5) is 4.39 Å². The largest absolute Gasteiger partial charge is 0.323 e. The van der Waals surface area contributed by atoms with Gasteiger partial charge in [-0.3, -0.25) is 9.36 Å². The van der Waals surface area contributed by atoms with Crippen LogP contribution in [0.5, 0.6) is 0 Å². The third kappa shape index (κ3) is 3.16. The smallest absolute Gasteiger partial charge is 0.281 e. The third-order valence-electron chi connectivity index (χ3n) is 3.33. The minimum absolute atomic E-state index is 0.328. The summed E-state index contributed by atoms with van der Waals surface area (Å²) in [7, 11) is 0. The number of aromatic nitrogens is 2. The average molecular weight is 336 g/mol. The first-order chi connectivity index (χ1) is 11.0. The van der Waals surface area contributed by atoms with Gasteiger partial charge in [-0.1, -0.05) is 31.5 Å². The highest BCUT2D eigenvalue weighted by molar-refractivity contribution is 6.33. The van der Waals surface area contributed by atoms with Gasteiger partial charge in [0.05, 0.1) is 16.4 Å².